The minimum absolute atomic E-state index is 0.00475. The Balaban J connectivity index is 2.84. The number of thioether (sulfide) groups is 1. The van der Waals surface area contributed by atoms with Gasteiger partial charge < -0.3 is 0 Å². The zero-order valence-electron chi connectivity index (χ0n) is 9.14. The van der Waals surface area contributed by atoms with Crippen LogP contribution in [0, 0.1) is 0 Å². The van der Waals surface area contributed by atoms with Crippen molar-refractivity contribution >= 4 is 44.4 Å². The van der Waals surface area contributed by atoms with Crippen molar-refractivity contribution in [2.24, 2.45) is 0 Å². The maximum absolute atomic E-state index is 12.7. The van der Waals surface area contributed by atoms with E-state index in [0.717, 1.165) is 12.1 Å². The first-order valence-electron chi connectivity index (χ1n) is 4.53. The van der Waals surface area contributed by atoms with E-state index >= 15 is 0 Å². The van der Waals surface area contributed by atoms with Crippen molar-refractivity contribution in [3.05, 3.63) is 29.8 Å². The molecule has 5 nitrogen and oxygen atoms in total. The molecule has 0 saturated heterocycles. The maximum atomic E-state index is 12.7. The van der Waals surface area contributed by atoms with E-state index in [-0.39, 0.29) is 5.56 Å². The molecular formula is C9H9FN2O3S3. The fourth-order valence-corrected chi connectivity index (χ4v) is 1.73. The summed E-state index contributed by atoms with van der Waals surface area (Å²) < 4.78 is 34.4. The van der Waals surface area contributed by atoms with Crippen LogP contribution in [0.4, 0.5) is 3.89 Å². The molecule has 98 valence electrons. The Morgan fingerprint density at radius 1 is 1.39 bits per heavy atom. The number of hydrogen-bond acceptors (Lipinski definition) is 5. The Kier molecular flexibility index (Phi) is 5.05. The molecule has 0 aliphatic carbocycles. The molecule has 0 aromatic heterocycles. The van der Waals surface area contributed by atoms with E-state index in [1.54, 1.807) is 6.26 Å². The Morgan fingerprint density at radius 2 is 2.06 bits per heavy atom. The van der Waals surface area contributed by atoms with Crippen molar-refractivity contribution in [2.75, 3.05) is 6.26 Å². The van der Waals surface area contributed by atoms with Gasteiger partial charge in [0.25, 0.3) is 5.91 Å². The summed E-state index contributed by atoms with van der Waals surface area (Å²) in [7, 11) is -4.83. The molecular weight excluding hydrogens is 299 g/mol. The van der Waals surface area contributed by atoms with E-state index in [2.05, 4.69) is 10.9 Å². The number of hydrogen-bond donors (Lipinski definition) is 2. The molecule has 0 fully saturated rings. The highest BCUT2D eigenvalue weighted by molar-refractivity contribution is 8.22. The van der Waals surface area contributed by atoms with Crippen molar-refractivity contribution in [3.63, 3.8) is 0 Å². The molecule has 0 radical (unpaired) electrons. The van der Waals surface area contributed by atoms with Crippen LogP contribution < -0.4 is 10.9 Å². The molecule has 0 aliphatic heterocycles. The van der Waals surface area contributed by atoms with Crippen molar-refractivity contribution < 1.29 is 17.1 Å². The molecule has 1 aromatic rings. The average Bonchev–Trinajstić information content (AvgIpc) is 2.34. The molecule has 0 heterocycles. The highest BCUT2D eigenvalue weighted by atomic mass is 32.3. The van der Waals surface area contributed by atoms with Crippen LogP contribution >= 0.6 is 24.0 Å². The van der Waals surface area contributed by atoms with Crippen LogP contribution in [0.2, 0.25) is 0 Å². The van der Waals surface area contributed by atoms with Crippen LogP contribution in [0.15, 0.2) is 29.2 Å². The molecule has 9 heteroatoms. The van der Waals surface area contributed by atoms with Crippen LogP contribution in [0.1, 0.15) is 10.4 Å². The first-order valence-corrected chi connectivity index (χ1v) is 7.55. The highest BCUT2D eigenvalue weighted by Crippen LogP contribution is 2.13. The quantitative estimate of drug-likeness (QED) is 0.486. The van der Waals surface area contributed by atoms with E-state index in [0.29, 0.717) is 4.32 Å². The smallest absolute Gasteiger partial charge is 0.283 e. The molecule has 1 rings (SSSR count). The summed E-state index contributed by atoms with van der Waals surface area (Å²) in [5, 5.41) is 0. The van der Waals surface area contributed by atoms with Gasteiger partial charge in [-0.1, -0.05) is 30.0 Å². The van der Waals surface area contributed by atoms with Gasteiger partial charge in [-0.25, -0.2) is 0 Å². The Morgan fingerprint density at radius 3 is 2.61 bits per heavy atom. The predicted molar refractivity (Wildman–Crippen MR) is 71.5 cm³/mol. The lowest BCUT2D eigenvalue weighted by molar-refractivity contribution is 0.0944. The van der Waals surface area contributed by atoms with Crippen molar-refractivity contribution in [2.45, 2.75) is 4.90 Å². The first kappa shape index (κ1) is 14.9. The van der Waals surface area contributed by atoms with Crippen LogP contribution in [-0.2, 0) is 10.2 Å². The summed E-state index contributed by atoms with van der Waals surface area (Å²) in [6.45, 7) is 0. The standard InChI is InChI=1S/C9H9FN2O3S3/c1-17-9(16)12-11-8(13)6-3-2-4-7(5-6)18(10,14)15/h2-5H,1H3,(H,11,13)(H,12,16). The maximum Gasteiger partial charge on any atom is 0.332 e. The van der Waals surface area contributed by atoms with Gasteiger partial charge in [0.05, 0.1) is 4.90 Å². The summed E-state index contributed by atoms with van der Waals surface area (Å²) in [6, 6.07) is 4.63. The summed E-state index contributed by atoms with van der Waals surface area (Å²) in [6.07, 6.45) is 1.72. The third-order valence-electron chi connectivity index (χ3n) is 1.84. The van der Waals surface area contributed by atoms with Gasteiger partial charge in [-0.2, -0.15) is 8.42 Å². The Bertz CT molecular complexity index is 574. The van der Waals surface area contributed by atoms with Crippen LogP contribution in [0.3, 0.4) is 0 Å². The first-order chi connectivity index (χ1) is 8.34. The van der Waals surface area contributed by atoms with Gasteiger partial charge in [0.15, 0.2) is 4.32 Å². The molecule has 0 bridgehead atoms. The van der Waals surface area contributed by atoms with Gasteiger partial charge in [-0.15, -0.1) is 3.89 Å². The lowest BCUT2D eigenvalue weighted by atomic mass is 10.2. The average molecular weight is 308 g/mol. The number of rotatable bonds is 2. The number of thiocarbonyl (C=S) groups is 1. The second kappa shape index (κ2) is 6.12. The van der Waals surface area contributed by atoms with E-state index in [1.165, 1.54) is 23.9 Å². The molecule has 1 aromatic carbocycles. The van der Waals surface area contributed by atoms with E-state index < -0.39 is 21.0 Å². The summed E-state index contributed by atoms with van der Waals surface area (Å²) in [5.74, 6) is -0.614. The number of carbonyl (C=O) groups excluding carboxylic acids is 1. The van der Waals surface area contributed by atoms with Gasteiger partial charge in [0, 0.05) is 5.56 Å². The third kappa shape index (κ3) is 4.24. The normalized spacial score (nSPS) is 10.8. The van der Waals surface area contributed by atoms with Gasteiger partial charge >= 0.3 is 10.2 Å². The van der Waals surface area contributed by atoms with E-state index in [9.17, 15) is 17.1 Å². The fraction of sp³-hybridized carbons (Fsp3) is 0.111. The van der Waals surface area contributed by atoms with Crippen molar-refractivity contribution in [1.29, 1.82) is 0 Å². The Labute approximate surface area is 113 Å². The minimum Gasteiger partial charge on any atom is -0.283 e. The Hall–Kier alpha value is -1.19. The van der Waals surface area contributed by atoms with Crippen LogP contribution in [0.5, 0.6) is 0 Å². The monoisotopic (exact) mass is 308 g/mol. The topological polar surface area (TPSA) is 75.3 Å². The molecule has 0 spiro atoms. The number of nitrogens with one attached hydrogen (secondary N) is 2. The zero-order chi connectivity index (χ0) is 13.8. The number of hydrazine groups is 1. The van der Waals surface area contributed by atoms with Crippen LogP contribution in [0.25, 0.3) is 0 Å². The lowest BCUT2D eigenvalue weighted by Gasteiger charge is -2.07. The van der Waals surface area contributed by atoms with Gasteiger partial charge in [-0.05, 0) is 24.5 Å². The molecule has 0 atom stereocenters. The summed E-state index contributed by atoms with van der Waals surface area (Å²) >= 11 is 6.01. The predicted octanol–water partition coefficient (Wildman–Crippen LogP) is 1.23. The van der Waals surface area contributed by atoms with Crippen molar-refractivity contribution in [3.8, 4) is 0 Å². The number of carbonyl (C=O) groups is 1. The minimum atomic E-state index is -4.83. The molecule has 0 aliphatic rings. The van der Waals surface area contributed by atoms with Crippen molar-refractivity contribution in [1.82, 2.24) is 10.9 Å². The molecule has 0 unspecified atom stereocenters. The van der Waals surface area contributed by atoms with E-state index in [4.69, 9.17) is 12.2 Å². The van der Waals surface area contributed by atoms with E-state index in [1.807, 2.05) is 0 Å². The molecule has 2 N–H and O–H groups in total. The molecule has 18 heavy (non-hydrogen) atoms. The number of amides is 1. The second-order valence-electron chi connectivity index (χ2n) is 3.04. The lowest BCUT2D eigenvalue weighted by Crippen LogP contribution is -2.39. The fourth-order valence-electron chi connectivity index (χ4n) is 1.02. The number of benzene rings is 1. The third-order valence-corrected chi connectivity index (χ3v) is 3.73. The number of halogens is 1. The van der Waals surface area contributed by atoms with Crippen LogP contribution in [-0.4, -0.2) is 24.9 Å². The zero-order valence-corrected chi connectivity index (χ0v) is 11.6. The molecule has 0 saturated carbocycles. The largest absolute Gasteiger partial charge is 0.332 e. The second-order valence-corrected chi connectivity index (χ2v) is 5.87. The SMILES string of the molecule is CSC(=S)NNC(=O)c1cccc(S(=O)(=O)F)c1. The van der Waals surface area contributed by atoms with Gasteiger partial charge in [0.2, 0.25) is 0 Å². The molecule has 1 amide bonds. The van der Waals surface area contributed by atoms with Gasteiger partial charge in [-0.3, -0.25) is 15.6 Å². The summed E-state index contributed by atoms with van der Waals surface area (Å²) in [4.78, 5) is 11.0. The van der Waals surface area contributed by atoms with Gasteiger partial charge in [0.1, 0.15) is 0 Å². The summed E-state index contributed by atoms with van der Waals surface area (Å²) in [5.41, 5.74) is 4.71. The highest BCUT2D eigenvalue weighted by Gasteiger charge is 2.14.